The maximum atomic E-state index is 10.8. The van der Waals surface area contributed by atoms with Gasteiger partial charge in [-0.15, -0.1) is 0 Å². The third-order valence-corrected chi connectivity index (χ3v) is 3.44. The highest BCUT2D eigenvalue weighted by Gasteiger charge is 2.12. The molecule has 0 saturated heterocycles. The van der Waals surface area contributed by atoms with Crippen molar-refractivity contribution < 1.29 is 19.4 Å². The molecule has 1 N–H and O–H groups in total. The van der Waals surface area contributed by atoms with Gasteiger partial charge in [0.15, 0.2) is 0 Å². The van der Waals surface area contributed by atoms with Crippen molar-refractivity contribution in [3.8, 4) is 11.5 Å². The fraction of sp³-hybridized carbons (Fsp3) is 0.316. The van der Waals surface area contributed by atoms with E-state index in [-0.39, 0.29) is 11.0 Å². The summed E-state index contributed by atoms with van der Waals surface area (Å²) in [6.45, 7) is 7.34. The summed E-state index contributed by atoms with van der Waals surface area (Å²) in [6, 6.07) is 14.4. The van der Waals surface area contributed by atoms with Gasteiger partial charge in [0.05, 0.1) is 5.56 Å². The molecule has 4 nitrogen and oxygen atoms in total. The Morgan fingerprint density at radius 2 is 1.30 bits per heavy atom. The average molecular weight is 314 g/mol. The van der Waals surface area contributed by atoms with E-state index in [9.17, 15) is 4.79 Å². The van der Waals surface area contributed by atoms with E-state index in [2.05, 4.69) is 32.9 Å². The second-order valence-corrected chi connectivity index (χ2v) is 6.30. The van der Waals surface area contributed by atoms with Gasteiger partial charge in [-0.1, -0.05) is 32.9 Å². The molecular formula is C19H22O4. The molecule has 2 aromatic carbocycles. The number of aromatic carboxylic acids is 1. The van der Waals surface area contributed by atoms with E-state index < -0.39 is 5.97 Å². The van der Waals surface area contributed by atoms with Crippen molar-refractivity contribution in [2.24, 2.45) is 0 Å². The Balaban J connectivity index is 1.78. The molecule has 2 rings (SSSR count). The predicted octanol–water partition coefficient (Wildman–Crippen LogP) is 4.14. The van der Waals surface area contributed by atoms with Crippen molar-refractivity contribution in [3.05, 3.63) is 59.7 Å². The molecular weight excluding hydrogens is 292 g/mol. The first kappa shape index (κ1) is 16.9. The quantitative estimate of drug-likeness (QED) is 0.814. The zero-order chi connectivity index (χ0) is 16.9. The molecule has 0 aliphatic heterocycles. The molecule has 0 saturated carbocycles. The van der Waals surface area contributed by atoms with Crippen molar-refractivity contribution >= 4 is 5.97 Å². The maximum absolute atomic E-state index is 10.8. The van der Waals surface area contributed by atoms with Crippen LogP contribution in [-0.2, 0) is 5.41 Å². The molecule has 0 aliphatic rings. The molecule has 0 atom stereocenters. The molecule has 0 radical (unpaired) electrons. The van der Waals surface area contributed by atoms with Gasteiger partial charge >= 0.3 is 5.97 Å². The van der Waals surface area contributed by atoms with Gasteiger partial charge in [-0.05, 0) is 47.4 Å². The van der Waals surface area contributed by atoms with Crippen molar-refractivity contribution in [1.82, 2.24) is 0 Å². The van der Waals surface area contributed by atoms with E-state index in [1.54, 1.807) is 12.1 Å². The lowest BCUT2D eigenvalue weighted by Gasteiger charge is -2.19. The fourth-order valence-corrected chi connectivity index (χ4v) is 2.06. The lowest BCUT2D eigenvalue weighted by atomic mass is 9.87. The van der Waals surface area contributed by atoms with Crippen LogP contribution in [0.1, 0.15) is 36.7 Å². The van der Waals surface area contributed by atoms with Crippen LogP contribution in [0.15, 0.2) is 48.5 Å². The zero-order valence-electron chi connectivity index (χ0n) is 13.7. The SMILES string of the molecule is CC(C)(C)c1ccc(OCCOc2ccc(C(=O)O)cc2)cc1. The Hall–Kier alpha value is -2.49. The van der Waals surface area contributed by atoms with E-state index >= 15 is 0 Å². The number of benzene rings is 2. The van der Waals surface area contributed by atoms with E-state index in [1.807, 2.05) is 12.1 Å². The van der Waals surface area contributed by atoms with Crippen molar-refractivity contribution in [3.63, 3.8) is 0 Å². The third kappa shape index (κ3) is 5.02. The van der Waals surface area contributed by atoms with Gasteiger partial charge in [-0.2, -0.15) is 0 Å². The van der Waals surface area contributed by atoms with Gasteiger partial charge < -0.3 is 14.6 Å². The van der Waals surface area contributed by atoms with E-state index in [4.69, 9.17) is 14.6 Å². The largest absolute Gasteiger partial charge is 0.490 e. The summed E-state index contributed by atoms with van der Waals surface area (Å²) in [7, 11) is 0. The number of rotatable bonds is 6. The molecule has 0 amide bonds. The number of hydrogen-bond acceptors (Lipinski definition) is 3. The summed E-state index contributed by atoms with van der Waals surface area (Å²) < 4.78 is 11.2. The fourth-order valence-electron chi connectivity index (χ4n) is 2.06. The van der Waals surface area contributed by atoms with Crippen LogP contribution in [0.25, 0.3) is 0 Å². The number of carbonyl (C=O) groups is 1. The minimum Gasteiger partial charge on any atom is -0.490 e. The summed E-state index contributed by atoms with van der Waals surface area (Å²) in [5, 5.41) is 8.82. The first-order chi connectivity index (χ1) is 10.9. The molecule has 122 valence electrons. The maximum Gasteiger partial charge on any atom is 0.335 e. The van der Waals surface area contributed by atoms with Gasteiger partial charge in [0.1, 0.15) is 24.7 Å². The number of carboxylic acids is 1. The minimum absolute atomic E-state index is 0.129. The molecule has 0 unspecified atom stereocenters. The van der Waals surface area contributed by atoms with Crippen LogP contribution in [0.2, 0.25) is 0 Å². The van der Waals surface area contributed by atoms with Crippen LogP contribution >= 0.6 is 0 Å². The Morgan fingerprint density at radius 1 is 0.870 bits per heavy atom. The molecule has 0 bridgehead atoms. The Labute approximate surface area is 136 Å². The Bertz CT molecular complexity index is 637. The lowest BCUT2D eigenvalue weighted by Crippen LogP contribution is -2.11. The topological polar surface area (TPSA) is 55.8 Å². The van der Waals surface area contributed by atoms with Crippen LogP contribution in [0.3, 0.4) is 0 Å². The van der Waals surface area contributed by atoms with Crippen LogP contribution < -0.4 is 9.47 Å². The number of ether oxygens (including phenoxy) is 2. The molecule has 0 aromatic heterocycles. The van der Waals surface area contributed by atoms with Crippen LogP contribution in [0, 0.1) is 0 Å². The average Bonchev–Trinajstić information content (AvgIpc) is 2.51. The van der Waals surface area contributed by atoms with Crippen LogP contribution in [-0.4, -0.2) is 24.3 Å². The second kappa shape index (κ2) is 7.18. The molecule has 23 heavy (non-hydrogen) atoms. The van der Waals surface area contributed by atoms with Gasteiger partial charge in [0.2, 0.25) is 0 Å². The first-order valence-corrected chi connectivity index (χ1v) is 7.56. The predicted molar refractivity (Wildman–Crippen MR) is 89.5 cm³/mol. The summed E-state index contributed by atoms with van der Waals surface area (Å²) in [5.74, 6) is 0.489. The summed E-state index contributed by atoms with van der Waals surface area (Å²) in [5.41, 5.74) is 1.64. The second-order valence-electron chi connectivity index (χ2n) is 6.30. The standard InChI is InChI=1S/C19H22O4/c1-19(2,3)15-6-10-17(11-7-15)23-13-12-22-16-8-4-14(5-9-16)18(20)21/h4-11H,12-13H2,1-3H3,(H,20,21). The van der Waals surface area contributed by atoms with E-state index in [0.717, 1.165) is 5.75 Å². The summed E-state index contributed by atoms with van der Waals surface area (Å²) in [6.07, 6.45) is 0. The summed E-state index contributed by atoms with van der Waals surface area (Å²) >= 11 is 0. The van der Waals surface area contributed by atoms with Gasteiger partial charge in [0.25, 0.3) is 0 Å². The van der Waals surface area contributed by atoms with Crippen molar-refractivity contribution in [2.45, 2.75) is 26.2 Å². The highest BCUT2D eigenvalue weighted by molar-refractivity contribution is 5.87. The van der Waals surface area contributed by atoms with Crippen molar-refractivity contribution in [1.29, 1.82) is 0 Å². The molecule has 0 spiro atoms. The number of hydrogen-bond donors (Lipinski definition) is 1. The minimum atomic E-state index is -0.946. The Morgan fingerprint density at radius 3 is 1.70 bits per heavy atom. The van der Waals surface area contributed by atoms with E-state index in [0.29, 0.717) is 19.0 Å². The first-order valence-electron chi connectivity index (χ1n) is 7.56. The molecule has 0 fully saturated rings. The van der Waals surface area contributed by atoms with Gasteiger partial charge in [0, 0.05) is 0 Å². The van der Waals surface area contributed by atoms with Crippen molar-refractivity contribution in [2.75, 3.05) is 13.2 Å². The Kier molecular flexibility index (Phi) is 5.27. The highest BCUT2D eigenvalue weighted by atomic mass is 16.5. The monoisotopic (exact) mass is 314 g/mol. The smallest absolute Gasteiger partial charge is 0.335 e. The van der Waals surface area contributed by atoms with Crippen LogP contribution in [0.5, 0.6) is 11.5 Å². The zero-order valence-corrected chi connectivity index (χ0v) is 13.7. The highest BCUT2D eigenvalue weighted by Crippen LogP contribution is 2.24. The lowest BCUT2D eigenvalue weighted by molar-refractivity contribution is 0.0697. The van der Waals surface area contributed by atoms with Gasteiger partial charge in [-0.25, -0.2) is 4.79 Å². The number of carboxylic acid groups (broad SMARTS) is 1. The molecule has 2 aromatic rings. The van der Waals surface area contributed by atoms with Gasteiger partial charge in [-0.3, -0.25) is 0 Å². The molecule has 4 heteroatoms. The molecule has 0 heterocycles. The van der Waals surface area contributed by atoms with Crippen LogP contribution in [0.4, 0.5) is 0 Å². The third-order valence-electron chi connectivity index (χ3n) is 3.44. The summed E-state index contributed by atoms with van der Waals surface area (Å²) in [4.78, 5) is 10.8. The normalized spacial score (nSPS) is 11.1. The van der Waals surface area contributed by atoms with E-state index in [1.165, 1.54) is 17.7 Å². The molecule has 0 aliphatic carbocycles.